The number of carbonyl (C=O) groups is 1. The fourth-order valence-electron chi connectivity index (χ4n) is 2.47. The summed E-state index contributed by atoms with van der Waals surface area (Å²) in [5, 5.41) is 0. The number of primary amides is 1. The smallest absolute Gasteiger partial charge is 0.243 e. The van der Waals surface area contributed by atoms with Gasteiger partial charge in [-0.15, -0.1) is 0 Å². The lowest BCUT2D eigenvalue weighted by Crippen LogP contribution is -2.39. The van der Waals surface area contributed by atoms with Gasteiger partial charge in [-0.2, -0.15) is 4.31 Å². The second-order valence-corrected chi connectivity index (χ2v) is 7.99. The van der Waals surface area contributed by atoms with Gasteiger partial charge in [-0.05, 0) is 52.9 Å². The molecule has 0 bridgehead atoms. The van der Waals surface area contributed by atoms with Gasteiger partial charge in [0.25, 0.3) is 0 Å². The van der Waals surface area contributed by atoms with Crippen molar-refractivity contribution in [1.82, 2.24) is 4.31 Å². The highest BCUT2D eigenvalue weighted by atomic mass is 79.9. The highest BCUT2D eigenvalue weighted by molar-refractivity contribution is 9.10. The number of hydrogen-bond donors (Lipinski definition) is 2. The van der Waals surface area contributed by atoms with Crippen molar-refractivity contribution < 1.29 is 13.2 Å². The average molecular weight is 376 g/mol. The molecule has 2 rings (SSSR count). The van der Waals surface area contributed by atoms with Crippen molar-refractivity contribution in [3.63, 3.8) is 0 Å². The molecule has 1 aliphatic rings. The Morgan fingerprint density at radius 1 is 1.33 bits per heavy atom. The van der Waals surface area contributed by atoms with Crippen LogP contribution in [0, 0.1) is 5.92 Å². The monoisotopic (exact) mass is 375 g/mol. The molecule has 0 unspecified atom stereocenters. The van der Waals surface area contributed by atoms with E-state index in [-0.39, 0.29) is 16.7 Å². The highest BCUT2D eigenvalue weighted by Gasteiger charge is 2.30. The number of anilines is 1. The van der Waals surface area contributed by atoms with Crippen LogP contribution < -0.4 is 11.5 Å². The summed E-state index contributed by atoms with van der Waals surface area (Å²) >= 11 is 3.25. The maximum Gasteiger partial charge on any atom is 0.243 e. The van der Waals surface area contributed by atoms with E-state index in [9.17, 15) is 13.2 Å². The molecule has 0 aromatic heterocycles. The SMILES string of the molecule is NC(=O)CC1CCN(S(=O)(=O)c2ccc(Br)c(N)c2)CC1. The van der Waals surface area contributed by atoms with Gasteiger partial charge in [0.2, 0.25) is 15.9 Å². The van der Waals surface area contributed by atoms with Gasteiger partial charge in [-0.3, -0.25) is 4.79 Å². The van der Waals surface area contributed by atoms with Crippen LogP contribution in [0.1, 0.15) is 19.3 Å². The number of piperidine rings is 1. The van der Waals surface area contributed by atoms with Gasteiger partial charge in [-0.25, -0.2) is 8.42 Å². The van der Waals surface area contributed by atoms with E-state index >= 15 is 0 Å². The fraction of sp³-hybridized carbons (Fsp3) is 0.462. The normalized spacial score (nSPS) is 17.8. The molecule has 1 aliphatic heterocycles. The molecule has 1 fully saturated rings. The zero-order valence-corrected chi connectivity index (χ0v) is 13.9. The van der Waals surface area contributed by atoms with Gasteiger partial charge in [0, 0.05) is 29.7 Å². The number of benzene rings is 1. The predicted molar refractivity (Wildman–Crippen MR) is 83.8 cm³/mol. The number of sulfonamides is 1. The Labute approximate surface area is 132 Å². The summed E-state index contributed by atoms with van der Waals surface area (Å²) in [6, 6.07) is 4.61. The molecule has 1 aromatic carbocycles. The summed E-state index contributed by atoms with van der Waals surface area (Å²) in [6.45, 7) is 0.798. The molecule has 1 heterocycles. The lowest BCUT2D eigenvalue weighted by molar-refractivity contribution is -0.119. The number of amides is 1. The lowest BCUT2D eigenvalue weighted by atomic mass is 9.94. The number of rotatable bonds is 4. The van der Waals surface area contributed by atoms with E-state index in [1.807, 2.05) is 0 Å². The maximum absolute atomic E-state index is 12.5. The summed E-state index contributed by atoms with van der Waals surface area (Å²) in [5.41, 5.74) is 11.3. The van der Waals surface area contributed by atoms with Gasteiger partial charge in [-0.1, -0.05) is 0 Å². The summed E-state index contributed by atoms with van der Waals surface area (Å²) in [4.78, 5) is 11.1. The Bertz CT molecular complexity index is 640. The van der Waals surface area contributed by atoms with Crippen LogP contribution in [-0.4, -0.2) is 31.7 Å². The van der Waals surface area contributed by atoms with E-state index in [0.29, 0.717) is 42.5 Å². The Hall–Kier alpha value is -1.12. The molecule has 0 spiro atoms. The first kappa shape index (κ1) is 16.3. The first-order valence-corrected chi connectivity index (χ1v) is 8.87. The summed E-state index contributed by atoms with van der Waals surface area (Å²) in [7, 11) is -3.54. The molecule has 0 atom stereocenters. The topological polar surface area (TPSA) is 106 Å². The summed E-state index contributed by atoms with van der Waals surface area (Å²) < 4.78 is 27.2. The number of nitrogens with zero attached hydrogens (tertiary/aromatic N) is 1. The minimum absolute atomic E-state index is 0.170. The van der Waals surface area contributed by atoms with E-state index in [0.717, 1.165) is 0 Å². The first-order valence-electron chi connectivity index (χ1n) is 6.64. The van der Waals surface area contributed by atoms with Gasteiger partial charge in [0.1, 0.15) is 0 Å². The van der Waals surface area contributed by atoms with Crippen LogP contribution in [0.25, 0.3) is 0 Å². The molecule has 0 aliphatic carbocycles. The number of halogens is 1. The van der Waals surface area contributed by atoms with Crippen LogP contribution >= 0.6 is 15.9 Å². The van der Waals surface area contributed by atoms with Crippen LogP contribution in [0.2, 0.25) is 0 Å². The van der Waals surface area contributed by atoms with E-state index in [4.69, 9.17) is 11.5 Å². The van der Waals surface area contributed by atoms with E-state index < -0.39 is 10.0 Å². The van der Waals surface area contributed by atoms with Crippen molar-refractivity contribution in [3.8, 4) is 0 Å². The molecule has 0 radical (unpaired) electrons. The molecule has 1 aromatic rings. The fourth-order valence-corrected chi connectivity index (χ4v) is 4.22. The molecule has 1 saturated heterocycles. The third-order valence-electron chi connectivity index (χ3n) is 3.67. The lowest BCUT2D eigenvalue weighted by Gasteiger charge is -2.30. The Kier molecular flexibility index (Phi) is 4.90. The highest BCUT2D eigenvalue weighted by Crippen LogP contribution is 2.28. The van der Waals surface area contributed by atoms with Crippen LogP contribution in [0.15, 0.2) is 27.6 Å². The Morgan fingerprint density at radius 2 is 1.95 bits per heavy atom. The van der Waals surface area contributed by atoms with E-state index in [2.05, 4.69) is 15.9 Å². The average Bonchev–Trinajstić information content (AvgIpc) is 2.41. The second-order valence-electron chi connectivity index (χ2n) is 5.20. The minimum Gasteiger partial charge on any atom is -0.398 e. The van der Waals surface area contributed by atoms with Gasteiger partial charge < -0.3 is 11.5 Å². The van der Waals surface area contributed by atoms with Crippen LogP contribution in [0.4, 0.5) is 5.69 Å². The Morgan fingerprint density at radius 3 is 2.48 bits per heavy atom. The van der Waals surface area contributed by atoms with Crippen LogP contribution in [0.5, 0.6) is 0 Å². The largest absolute Gasteiger partial charge is 0.398 e. The van der Waals surface area contributed by atoms with Crippen LogP contribution in [0.3, 0.4) is 0 Å². The van der Waals surface area contributed by atoms with Crippen molar-refractivity contribution in [2.75, 3.05) is 18.8 Å². The molecule has 6 nitrogen and oxygen atoms in total. The van der Waals surface area contributed by atoms with Crippen molar-refractivity contribution in [2.24, 2.45) is 11.7 Å². The standard InChI is InChI=1S/C13H18BrN3O3S/c14-11-2-1-10(8-12(11)15)21(19,20)17-5-3-9(4-6-17)7-13(16)18/h1-2,8-9H,3-7,15H2,(H2,16,18). The quantitative estimate of drug-likeness (QED) is 0.773. The summed E-state index contributed by atoms with van der Waals surface area (Å²) in [5.74, 6) is -0.166. The van der Waals surface area contributed by atoms with Crippen molar-refractivity contribution in [2.45, 2.75) is 24.2 Å². The zero-order valence-electron chi connectivity index (χ0n) is 11.5. The Balaban J connectivity index is 2.11. The molecule has 4 N–H and O–H groups in total. The third-order valence-corrected chi connectivity index (χ3v) is 6.29. The molecular weight excluding hydrogens is 358 g/mol. The molecule has 0 saturated carbocycles. The first-order chi connectivity index (χ1) is 9.80. The van der Waals surface area contributed by atoms with Crippen molar-refractivity contribution >= 4 is 37.5 Å². The van der Waals surface area contributed by atoms with E-state index in [1.54, 1.807) is 6.07 Å². The van der Waals surface area contributed by atoms with E-state index in [1.165, 1.54) is 16.4 Å². The maximum atomic E-state index is 12.5. The van der Waals surface area contributed by atoms with Gasteiger partial charge in [0.15, 0.2) is 0 Å². The summed E-state index contributed by atoms with van der Waals surface area (Å²) in [6.07, 6.45) is 1.61. The minimum atomic E-state index is -3.54. The van der Waals surface area contributed by atoms with Gasteiger partial charge in [0.05, 0.1) is 4.90 Å². The van der Waals surface area contributed by atoms with Gasteiger partial charge >= 0.3 is 0 Å². The molecular formula is C13H18BrN3O3S. The number of hydrogen-bond acceptors (Lipinski definition) is 4. The molecule has 116 valence electrons. The number of nitrogen functional groups attached to an aromatic ring is 1. The predicted octanol–water partition coefficient (Wildman–Crippen LogP) is 1.31. The zero-order chi connectivity index (χ0) is 15.6. The third kappa shape index (κ3) is 3.75. The number of nitrogens with two attached hydrogens (primary N) is 2. The number of carbonyl (C=O) groups excluding carboxylic acids is 1. The molecule has 1 amide bonds. The van der Waals surface area contributed by atoms with Crippen molar-refractivity contribution in [1.29, 1.82) is 0 Å². The van der Waals surface area contributed by atoms with Crippen LogP contribution in [-0.2, 0) is 14.8 Å². The molecule has 8 heteroatoms. The molecule has 21 heavy (non-hydrogen) atoms. The second kappa shape index (κ2) is 6.33. The van der Waals surface area contributed by atoms with Crippen molar-refractivity contribution in [3.05, 3.63) is 22.7 Å².